The van der Waals surface area contributed by atoms with Crippen molar-refractivity contribution in [3.8, 4) is 11.5 Å². The summed E-state index contributed by atoms with van der Waals surface area (Å²) in [7, 11) is 1.37. The first kappa shape index (κ1) is 26.4. The number of methoxy groups -OCH3 is 1. The summed E-state index contributed by atoms with van der Waals surface area (Å²) >= 11 is 0. The summed E-state index contributed by atoms with van der Waals surface area (Å²) in [6.07, 6.45) is 6.78. The average Bonchev–Trinajstić information content (AvgIpc) is 3.08. The molecule has 7 heteroatoms. The van der Waals surface area contributed by atoms with Gasteiger partial charge in [0.1, 0.15) is 34.8 Å². The zero-order valence-corrected chi connectivity index (χ0v) is 21.4. The van der Waals surface area contributed by atoms with Crippen LogP contribution in [0.4, 0.5) is 0 Å². The van der Waals surface area contributed by atoms with E-state index < -0.39 is 0 Å². The number of rotatable bonds is 4. The number of benzene rings is 2. The van der Waals surface area contributed by atoms with Gasteiger partial charge >= 0.3 is 0 Å². The molecule has 1 N–H and O–H groups in total. The largest absolute Gasteiger partial charge is 0.507 e. The van der Waals surface area contributed by atoms with Crippen LogP contribution >= 0.6 is 0 Å². The molecule has 3 aromatic rings. The van der Waals surface area contributed by atoms with Crippen molar-refractivity contribution < 1.29 is 28.6 Å². The molecular formula is C31H28O7. The summed E-state index contributed by atoms with van der Waals surface area (Å²) in [6, 6.07) is 12.5. The van der Waals surface area contributed by atoms with E-state index >= 15 is 0 Å². The first-order valence-corrected chi connectivity index (χ1v) is 12.0. The summed E-state index contributed by atoms with van der Waals surface area (Å²) in [4.78, 5) is 35.8. The van der Waals surface area contributed by atoms with Gasteiger partial charge in [0.15, 0.2) is 17.0 Å². The van der Waals surface area contributed by atoms with Crippen LogP contribution in [0.1, 0.15) is 29.7 Å². The van der Waals surface area contributed by atoms with Gasteiger partial charge in [-0.1, -0.05) is 42.5 Å². The number of aromatic hydroxyl groups is 1. The maximum absolute atomic E-state index is 12.1. The Morgan fingerprint density at radius 3 is 2.47 bits per heavy atom. The second-order valence-electron chi connectivity index (χ2n) is 9.00. The van der Waals surface area contributed by atoms with E-state index in [0.29, 0.717) is 41.3 Å². The number of ketones is 2. The zero-order chi connectivity index (χ0) is 27.4. The van der Waals surface area contributed by atoms with Crippen molar-refractivity contribution in [1.82, 2.24) is 0 Å². The Morgan fingerprint density at radius 2 is 1.79 bits per heavy atom. The standard InChI is InChI=1S/C16H14O3.C15H14O4/c1-3-12(11-7-5-4-6-8-11)13-9-15(18)16(19-2)10-14(13)17;1-8-3-4-10-12(18-7-8)6-13-14(15(10)17)11(16)5-9(2)19-13/h3-10,12H,1H2,2H3;3,5-6,17H,4,7H2,1-2H3. The number of ether oxygens (including phenoxy) is 2. The lowest BCUT2D eigenvalue weighted by atomic mass is 9.85. The molecule has 5 rings (SSSR count). The molecule has 1 atom stereocenters. The molecule has 0 radical (unpaired) electrons. The Bertz CT molecular complexity index is 1570. The molecular weight excluding hydrogens is 484 g/mol. The molecule has 38 heavy (non-hydrogen) atoms. The Hall–Kier alpha value is -4.65. The van der Waals surface area contributed by atoms with Crippen molar-refractivity contribution in [2.75, 3.05) is 13.7 Å². The molecule has 2 aromatic carbocycles. The number of phenolic OH excluding ortho intramolecular Hbond substituents is 1. The molecule has 0 saturated carbocycles. The van der Waals surface area contributed by atoms with Crippen LogP contribution in [0.3, 0.4) is 0 Å². The van der Waals surface area contributed by atoms with E-state index in [4.69, 9.17) is 13.9 Å². The predicted octanol–water partition coefficient (Wildman–Crippen LogP) is 5.25. The van der Waals surface area contributed by atoms with Crippen molar-refractivity contribution in [3.05, 3.63) is 117 Å². The van der Waals surface area contributed by atoms with Gasteiger partial charge in [-0.15, -0.1) is 6.58 Å². The Kier molecular flexibility index (Phi) is 7.76. The molecule has 0 spiro atoms. The highest BCUT2D eigenvalue weighted by molar-refractivity contribution is 6.19. The topological polar surface area (TPSA) is 103 Å². The number of fused-ring (bicyclic) bond motifs is 2. The highest BCUT2D eigenvalue weighted by atomic mass is 16.5. The number of allylic oxidation sites excluding steroid dienone is 5. The van der Waals surface area contributed by atoms with Gasteiger partial charge in [0.05, 0.1) is 7.11 Å². The number of carbonyl (C=O) groups excluding carboxylic acids is 2. The fourth-order valence-electron chi connectivity index (χ4n) is 4.36. The van der Waals surface area contributed by atoms with Crippen molar-refractivity contribution >= 4 is 22.5 Å². The highest BCUT2D eigenvalue weighted by Gasteiger charge is 2.26. The fourth-order valence-corrected chi connectivity index (χ4v) is 4.36. The van der Waals surface area contributed by atoms with E-state index in [1.165, 1.54) is 25.3 Å². The Balaban J connectivity index is 0.000000177. The van der Waals surface area contributed by atoms with E-state index in [1.807, 2.05) is 43.3 Å². The first-order valence-electron chi connectivity index (χ1n) is 12.0. The molecule has 0 fully saturated rings. The second-order valence-corrected chi connectivity index (χ2v) is 9.00. The van der Waals surface area contributed by atoms with E-state index in [1.54, 1.807) is 19.1 Å². The summed E-state index contributed by atoms with van der Waals surface area (Å²) in [5, 5.41) is 10.5. The van der Waals surface area contributed by atoms with Crippen LogP contribution in [-0.4, -0.2) is 30.4 Å². The SMILES string of the molecule is C=CC(C1=CC(=O)C(OC)=CC1=O)c1ccccc1.CC1=CCc2c(cc3oc(C)cc(=O)c3c2O)OC1. The highest BCUT2D eigenvalue weighted by Crippen LogP contribution is 2.37. The van der Waals surface area contributed by atoms with Gasteiger partial charge < -0.3 is 19.0 Å². The van der Waals surface area contributed by atoms with Gasteiger partial charge in [-0.05, 0) is 37.5 Å². The van der Waals surface area contributed by atoms with Crippen LogP contribution in [0.15, 0.2) is 99.5 Å². The average molecular weight is 513 g/mol. The van der Waals surface area contributed by atoms with Crippen molar-refractivity contribution in [2.45, 2.75) is 26.2 Å². The number of aryl methyl sites for hydroxylation is 1. The predicted molar refractivity (Wildman–Crippen MR) is 144 cm³/mol. The van der Waals surface area contributed by atoms with Gasteiger partial charge in [-0.2, -0.15) is 0 Å². The normalized spacial score (nSPS) is 15.5. The molecule has 2 aliphatic rings. The number of hydrogen-bond donors (Lipinski definition) is 1. The maximum atomic E-state index is 12.1. The van der Waals surface area contributed by atoms with E-state index in [9.17, 15) is 19.5 Å². The minimum atomic E-state index is -0.292. The summed E-state index contributed by atoms with van der Waals surface area (Å²) in [6.45, 7) is 7.91. The molecule has 7 nitrogen and oxygen atoms in total. The van der Waals surface area contributed by atoms with E-state index in [0.717, 1.165) is 11.1 Å². The first-order chi connectivity index (χ1) is 18.2. The van der Waals surface area contributed by atoms with Gasteiger partial charge in [-0.3, -0.25) is 14.4 Å². The second kappa shape index (κ2) is 11.2. The number of phenols is 1. The van der Waals surface area contributed by atoms with Crippen LogP contribution in [0.5, 0.6) is 11.5 Å². The molecule has 1 aromatic heterocycles. The summed E-state index contributed by atoms with van der Waals surface area (Å²) in [5.74, 6) is 0.334. The third-order valence-electron chi connectivity index (χ3n) is 6.32. The smallest absolute Gasteiger partial charge is 0.220 e. The van der Waals surface area contributed by atoms with Crippen LogP contribution < -0.4 is 10.2 Å². The van der Waals surface area contributed by atoms with Gasteiger partial charge in [0.2, 0.25) is 5.78 Å². The molecule has 1 aliphatic carbocycles. The van der Waals surface area contributed by atoms with Crippen molar-refractivity contribution in [2.24, 2.45) is 0 Å². The van der Waals surface area contributed by atoms with E-state index in [-0.39, 0.29) is 39.8 Å². The molecule has 0 bridgehead atoms. The third kappa shape index (κ3) is 5.37. The number of carbonyl (C=O) groups is 2. The Labute approximate surface area is 220 Å². The van der Waals surface area contributed by atoms with Crippen molar-refractivity contribution in [3.63, 3.8) is 0 Å². The Morgan fingerprint density at radius 1 is 1.05 bits per heavy atom. The maximum Gasteiger partial charge on any atom is 0.220 e. The van der Waals surface area contributed by atoms with Gasteiger partial charge in [0, 0.05) is 35.3 Å². The lowest BCUT2D eigenvalue weighted by Crippen LogP contribution is -2.18. The molecule has 1 aliphatic heterocycles. The zero-order valence-electron chi connectivity index (χ0n) is 21.4. The summed E-state index contributed by atoms with van der Waals surface area (Å²) < 4.78 is 16.0. The third-order valence-corrected chi connectivity index (χ3v) is 6.32. The lowest BCUT2D eigenvalue weighted by molar-refractivity contribution is -0.117. The van der Waals surface area contributed by atoms with E-state index in [2.05, 4.69) is 6.58 Å². The van der Waals surface area contributed by atoms with Crippen LogP contribution in [0, 0.1) is 6.92 Å². The lowest BCUT2D eigenvalue weighted by Gasteiger charge is -2.18. The van der Waals surface area contributed by atoms with Crippen LogP contribution in [0.25, 0.3) is 11.0 Å². The molecule has 0 amide bonds. The van der Waals surface area contributed by atoms with Crippen LogP contribution in [0.2, 0.25) is 0 Å². The molecule has 2 heterocycles. The quantitative estimate of drug-likeness (QED) is 0.376. The van der Waals surface area contributed by atoms with Gasteiger partial charge in [0.25, 0.3) is 0 Å². The fraction of sp³-hybridized carbons (Fsp3) is 0.194. The summed E-state index contributed by atoms with van der Waals surface area (Å²) in [5.41, 5.74) is 3.21. The number of hydrogen-bond acceptors (Lipinski definition) is 7. The van der Waals surface area contributed by atoms with Crippen LogP contribution in [-0.2, 0) is 20.7 Å². The monoisotopic (exact) mass is 512 g/mol. The van der Waals surface area contributed by atoms with Crippen molar-refractivity contribution in [1.29, 1.82) is 0 Å². The van der Waals surface area contributed by atoms with Gasteiger partial charge in [-0.25, -0.2) is 0 Å². The molecule has 0 saturated heterocycles. The minimum absolute atomic E-state index is 0.0350. The molecule has 194 valence electrons. The minimum Gasteiger partial charge on any atom is -0.507 e. The molecule has 1 unspecified atom stereocenters.